The van der Waals surface area contributed by atoms with Gasteiger partial charge < -0.3 is 25.3 Å². The summed E-state index contributed by atoms with van der Waals surface area (Å²) in [5.74, 6) is 0. The van der Waals surface area contributed by atoms with Crippen molar-refractivity contribution < 1.29 is 14.6 Å². The van der Waals surface area contributed by atoms with Crippen LogP contribution in [-0.2, 0) is 9.47 Å². The number of benzene rings is 1. The number of aliphatic hydroxyl groups excluding tert-OH is 1. The molecule has 0 radical (unpaired) electrons. The van der Waals surface area contributed by atoms with Crippen LogP contribution >= 0.6 is 0 Å². The van der Waals surface area contributed by atoms with E-state index in [1.165, 1.54) is 8.97 Å². The van der Waals surface area contributed by atoms with Gasteiger partial charge in [0.25, 0.3) is 0 Å². The molecule has 1 aliphatic rings. The van der Waals surface area contributed by atoms with E-state index in [1.807, 2.05) is 5.48 Å². The fraction of sp³-hybridized carbons (Fsp3) is 0.250. The number of anilines is 1. The third kappa shape index (κ3) is 2.79. The first-order chi connectivity index (χ1) is 12.2. The Bertz CT molecular complexity index is 949. The summed E-state index contributed by atoms with van der Waals surface area (Å²) in [6, 6.07) is 8.49. The highest BCUT2D eigenvalue weighted by molar-refractivity contribution is 5.65. The molecule has 1 unspecified atom stereocenters. The molecule has 9 nitrogen and oxygen atoms in total. The van der Waals surface area contributed by atoms with Crippen LogP contribution in [0.5, 0.6) is 0 Å². The number of hydrogen-bond donors (Lipinski definition) is 2. The van der Waals surface area contributed by atoms with E-state index in [4.69, 9.17) is 14.6 Å². The average Bonchev–Trinajstić information content (AvgIpc) is 3.29. The molecule has 4 rings (SSSR count). The standard InChI is InChI=1S/C16H15N4O5/c21-8-15-24-9-14(25-15)19-6-5-13-17-12(7-20(13)16(19)22)10-1-3-11(18-23)4-2-10/h1-7,14-15,18,21H,8-9H2/q-1/t14-,15?/m0/s1. The van der Waals surface area contributed by atoms with Crippen molar-refractivity contribution in [1.29, 1.82) is 0 Å². The normalized spacial score (nSPS) is 20.2. The van der Waals surface area contributed by atoms with Crippen LogP contribution in [0.25, 0.3) is 16.9 Å². The molecule has 1 saturated heterocycles. The topological polar surface area (TPSA) is 113 Å². The van der Waals surface area contributed by atoms with Gasteiger partial charge in [0.2, 0.25) is 0 Å². The Morgan fingerprint density at radius 1 is 1.32 bits per heavy atom. The molecule has 25 heavy (non-hydrogen) atoms. The van der Waals surface area contributed by atoms with Gasteiger partial charge in [0.15, 0.2) is 12.5 Å². The zero-order valence-electron chi connectivity index (χ0n) is 13.0. The Morgan fingerprint density at radius 3 is 2.80 bits per heavy atom. The predicted molar refractivity (Wildman–Crippen MR) is 88.8 cm³/mol. The minimum Gasteiger partial charge on any atom is -0.761 e. The van der Waals surface area contributed by atoms with E-state index in [-0.39, 0.29) is 18.9 Å². The van der Waals surface area contributed by atoms with E-state index in [1.54, 1.807) is 42.7 Å². The minimum absolute atomic E-state index is 0.182. The molecule has 0 amide bonds. The summed E-state index contributed by atoms with van der Waals surface area (Å²) in [7, 11) is 0. The van der Waals surface area contributed by atoms with Crippen molar-refractivity contribution in [3.05, 3.63) is 58.4 Å². The maximum absolute atomic E-state index is 12.7. The number of rotatable bonds is 4. The van der Waals surface area contributed by atoms with Crippen LogP contribution in [0.2, 0.25) is 0 Å². The largest absolute Gasteiger partial charge is 0.761 e. The molecule has 3 heterocycles. The fourth-order valence-electron chi connectivity index (χ4n) is 2.75. The summed E-state index contributed by atoms with van der Waals surface area (Å²) in [5.41, 5.74) is 3.85. The molecule has 0 spiro atoms. The van der Waals surface area contributed by atoms with Crippen molar-refractivity contribution >= 4 is 11.3 Å². The highest BCUT2D eigenvalue weighted by Gasteiger charge is 2.27. The van der Waals surface area contributed by atoms with Crippen LogP contribution in [-0.4, -0.2) is 38.6 Å². The van der Waals surface area contributed by atoms with E-state index < -0.39 is 12.5 Å². The molecule has 1 aromatic carbocycles. The Labute approximate surface area is 141 Å². The molecule has 2 aromatic heterocycles. The van der Waals surface area contributed by atoms with Gasteiger partial charge in [-0.25, -0.2) is 9.78 Å². The van der Waals surface area contributed by atoms with Crippen molar-refractivity contribution in [3.63, 3.8) is 0 Å². The molecular formula is C16H15N4O5-. The smallest absolute Gasteiger partial charge is 0.336 e. The molecule has 0 bridgehead atoms. The van der Waals surface area contributed by atoms with Gasteiger partial charge in [-0.2, -0.15) is 0 Å². The first-order valence-corrected chi connectivity index (χ1v) is 7.66. The van der Waals surface area contributed by atoms with Gasteiger partial charge >= 0.3 is 5.69 Å². The lowest BCUT2D eigenvalue weighted by Gasteiger charge is -2.12. The molecule has 1 aliphatic heterocycles. The van der Waals surface area contributed by atoms with Gasteiger partial charge in [0.05, 0.1) is 18.9 Å². The Kier molecular flexibility index (Phi) is 3.98. The van der Waals surface area contributed by atoms with Crippen LogP contribution in [0.15, 0.2) is 47.5 Å². The van der Waals surface area contributed by atoms with E-state index in [9.17, 15) is 10.0 Å². The van der Waals surface area contributed by atoms with Crippen LogP contribution in [0, 0.1) is 5.21 Å². The van der Waals surface area contributed by atoms with Crippen molar-refractivity contribution in [2.24, 2.45) is 0 Å². The van der Waals surface area contributed by atoms with Crippen LogP contribution in [0.4, 0.5) is 5.69 Å². The van der Waals surface area contributed by atoms with Crippen molar-refractivity contribution in [2.45, 2.75) is 12.5 Å². The van der Waals surface area contributed by atoms with Crippen molar-refractivity contribution in [2.75, 3.05) is 18.7 Å². The summed E-state index contributed by atoms with van der Waals surface area (Å²) < 4.78 is 13.5. The maximum Gasteiger partial charge on any atom is 0.336 e. The number of nitrogens with zero attached hydrogens (tertiary/aromatic N) is 3. The monoisotopic (exact) mass is 343 g/mol. The zero-order valence-corrected chi connectivity index (χ0v) is 13.0. The van der Waals surface area contributed by atoms with Crippen LogP contribution < -0.4 is 11.2 Å². The lowest BCUT2D eigenvalue weighted by molar-refractivity contribution is -0.0993. The summed E-state index contributed by atoms with van der Waals surface area (Å²) in [5, 5.41) is 19.7. The first-order valence-electron chi connectivity index (χ1n) is 7.66. The predicted octanol–water partition coefficient (Wildman–Crippen LogP) is 0.936. The molecule has 2 atom stereocenters. The summed E-state index contributed by atoms with van der Waals surface area (Å²) in [4.78, 5) is 17.1. The van der Waals surface area contributed by atoms with E-state index >= 15 is 0 Å². The van der Waals surface area contributed by atoms with E-state index in [2.05, 4.69) is 4.98 Å². The zero-order chi connectivity index (χ0) is 17.4. The third-order valence-corrected chi connectivity index (χ3v) is 4.04. The Hall–Kier alpha value is -2.72. The third-order valence-electron chi connectivity index (χ3n) is 4.04. The molecule has 0 aliphatic carbocycles. The first kappa shape index (κ1) is 15.8. The quantitative estimate of drug-likeness (QED) is 0.678. The van der Waals surface area contributed by atoms with Gasteiger partial charge in [-0.15, -0.1) is 0 Å². The number of imidazole rings is 1. The molecular weight excluding hydrogens is 328 g/mol. The van der Waals surface area contributed by atoms with Crippen molar-refractivity contribution in [1.82, 2.24) is 14.0 Å². The fourth-order valence-corrected chi connectivity index (χ4v) is 2.75. The summed E-state index contributed by atoms with van der Waals surface area (Å²) >= 11 is 0. The van der Waals surface area contributed by atoms with E-state index in [0.717, 1.165) is 5.56 Å². The summed E-state index contributed by atoms with van der Waals surface area (Å²) in [6.45, 7) is -0.0845. The second-order valence-electron chi connectivity index (χ2n) is 5.58. The minimum atomic E-state index is -0.723. The van der Waals surface area contributed by atoms with Gasteiger partial charge in [-0.05, 0) is 18.2 Å². The molecule has 3 aromatic rings. The van der Waals surface area contributed by atoms with Crippen molar-refractivity contribution in [3.8, 4) is 11.3 Å². The molecule has 130 valence electrons. The molecule has 1 fully saturated rings. The highest BCUT2D eigenvalue weighted by Crippen LogP contribution is 2.22. The Morgan fingerprint density at radius 2 is 2.12 bits per heavy atom. The van der Waals surface area contributed by atoms with Gasteiger partial charge in [0, 0.05) is 23.6 Å². The molecule has 0 saturated carbocycles. The van der Waals surface area contributed by atoms with Crippen LogP contribution in [0.3, 0.4) is 0 Å². The number of hydrogen-bond acceptors (Lipinski definition) is 7. The lowest BCUT2D eigenvalue weighted by Crippen LogP contribution is -2.30. The molecule has 9 heteroatoms. The summed E-state index contributed by atoms with van der Waals surface area (Å²) in [6.07, 6.45) is 1.90. The second kappa shape index (κ2) is 6.30. The highest BCUT2D eigenvalue weighted by atomic mass is 16.7. The number of fused-ring (bicyclic) bond motifs is 1. The molecule has 2 N–H and O–H groups in total. The number of ether oxygens (including phenoxy) is 2. The van der Waals surface area contributed by atoms with Gasteiger partial charge in [0.1, 0.15) is 5.65 Å². The number of aliphatic hydroxyl groups is 1. The second-order valence-corrected chi connectivity index (χ2v) is 5.58. The van der Waals surface area contributed by atoms with E-state index in [0.29, 0.717) is 17.0 Å². The lowest BCUT2D eigenvalue weighted by atomic mass is 10.1. The maximum atomic E-state index is 12.7. The van der Waals surface area contributed by atoms with Gasteiger partial charge in [-0.3, -0.25) is 8.97 Å². The van der Waals surface area contributed by atoms with Crippen LogP contribution in [0.1, 0.15) is 6.23 Å². The average molecular weight is 343 g/mol. The number of nitrogens with one attached hydrogen (secondary N) is 1. The van der Waals surface area contributed by atoms with Gasteiger partial charge in [-0.1, -0.05) is 12.1 Å². The SMILES string of the molecule is O=c1n([C@@H]2COC(CO)O2)ccc2nc(-c3ccc(N[O-])cc3)cn12. The Balaban J connectivity index is 1.71. The number of aromatic nitrogens is 3.